The Hall–Kier alpha value is -2.37. The van der Waals surface area contributed by atoms with E-state index in [1.54, 1.807) is 19.1 Å². The van der Waals surface area contributed by atoms with Gasteiger partial charge in [-0.25, -0.2) is 4.39 Å². The Morgan fingerprint density at radius 3 is 2.67 bits per heavy atom. The van der Waals surface area contributed by atoms with Gasteiger partial charge < -0.3 is 10.4 Å². The molecule has 2 atom stereocenters. The zero-order valence-electron chi connectivity index (χ0n) is 13.7. The number of hydrogen-bond acceptors (Lipinski definition) is 2. The number of H-pyrrole nitrogens is 2. The van der Waals surface area contributed by atoms with Crippen LogP contribution in [0.3, 0.4) is 0 Å². The minimum absolute atomic E-state index is 0.0877. The third-order valence-corrected chi connectivity index (χ3v) is 4.84. The summed E-state index contributed by atoms with van der Waals surface area (Å²) < 4.78 is 13.0. The average molecular weight is 331 g/mol. The molecule has 2 unspecified atom stereocenters. The molecule has 2 aromatic rings. The van der Waals surface area contributed by atoms with E-state index in [0.29, 0.717) is 17.2 Å². The standard InChI is InChI=1S/C18H22FN3O2/c1-11-15(18(24)22-21-11)10-17(23)20-16-4-2-3-13(16)9-12-5-7-14(19)8-6-12/h5-8,13,16H,2-4,9-10H2,1H3,(H,20,23)(H2,21,22,24). The number of carbonyl (C=O) groups excluding carboxylic acids is 1. The van der Waals surface area contributed by atoms with E-state index in [-0.39, 0.29) is 29.7 Å². The molecule has 1 aliphatic carbocycles. The molecule has 3 rings (SSSR count). The van der Waals surface area contributed by atoms with Crippen LogP contribution >= 0.6 is 0 Å². The third-order valence-electron chi connectivity index (χ3n) is 4.84. The summed E-state index contributed by atoms with van der Waals surface area (Å²) in [5.74, 6) is -0.00802. The summed E-state index contributed by atoms with van der Waals surface area (Å²) in [6, 6.07) is 6.66. The molecule has 0 bridgehead atoms. The highest BCUT2D eigenvalue weighted by Crippen LogP contribution is 2.29. The van der Waals surface area contributed by atoms with Crippen LogP contribution in [0.5, 0.6) is 0 Å². The SMILES string of the molecule is Cc1[nH][nH]c(=O)c1CC(=O)NC1CCCC1Cc1ccc(F)cc1. The molecule has 1 aliphatic rings. The first-order chi connectivity index (χ1) is 11.5. The van der Waals surface area contributed by atoms with E-state index in [9.17, 15) is 14.0 Å². The van der Waals surface area contributed by atoms with E-state index in [1.807, 2.05) is 0 Å². The Morgan fingerprint density at radius 2 is 2.00 bits per heavy atom. The first-order valence-electron chi connectivity index (χ1n) is 8.33. The lowest BCUT2D eigenvalue weighted by Crippen LogP contribution is -2.39. The molecular weight excluding hydrogens is 309 g/mol. The summed E-state index contributed by atoms with van der Waals surface area (Å²) in [6.45, 7) is 1.77. The summed E-state index contributed by atoms with van der Waals surface area (Å²) in [6.07, 6.45) is 3.98. The van der Waals surface area contributed by atoms with Crippen LogP contribution in [0.1, 0.15) is 36.1 Å². The molecule has 0 spiro atoms. The number of hydrogen-bond donors (Lipinski definition) is 3. The zero-order valence-corrected chi connectivity index (χ0v) is 13.7. The van der Waals surface area contributed by atoms with Crippen LogP contribution in [0.15, 0.2) is 29.1 Å². The molecule has 24 heavy (non-hydrogen) atoms. The largest absolute Gasteiger partial charge is 0.353 e. The monoisotopic (exact) mass is 331 g/mol. The maximum atomic E-state index is 13.0. The number of amides is 1. The predicted octanol–water partition coefficient (Wildman–Crippen LogP) is 2.22. The number of nitrogens with one attached hydrogen (secondary N) is 3. The van der Waals surface area contributed by atoms with Crippen molar-refractivity contribution in [3.05, 3.63) is 57.3 Å². The second-order valence-electron chi connectivity index (χ2n) is 6.56. The number of aryl methyl sites for hydroxylation is 1. The van der Waals surface area contributed by atoms with E-state index in [0.717, 1.165) is 31.2 Å². The molecule has 6 heteroatoms. The number of carbonyl (C=O) groups is 1. The van der Waals surface area contributed by atoms with Crippen molar-refractivity contribution in [1.82, 2.24) is 15.5 Å². The van der Waals surface area contributed by atoms with Gasteiger partial charge in [0, 0.05) is 17.3 Å². The van der Waals surface area contributed by atoms with Gasteiger partial charge in [-0.2, -0.15) is 0 Å². The van der Waals surface area contributed by atoms with Crippen molar-refractivity contribution in [2.75, 3.05) is 0 Å². The van der Waals surface area contributed by atoms with Crippen LogP contribution in [0, 0.1) is 18.7 Å². The lowest BCUT2D eigenvalue weighted by atomic mass is 9.94. The minimum atomic E-state index is -0.239. The Bertz CT molecular complexity index is 763. The highest BCUT2D eigenvalue weighted by atomic mass is 19.1. The van der Waals surface area contributed by atoms with Crippen LogP contribution in [-0.2, 0) is 17.6 Å². The molecule has 0 aliphatic heterocycles. The fourth-order valence-electron chi connectivity index (χ4n) is 3.50. The average Bonchev–Trinajstić information content (AvgIpc) is 3.11. The van der Waals surface area contributed by atoms with Crippen molar-refractivity contribution in [3.63, 3.8) is 0 Å². The first-order valence-corrected chi connectivity index (χ1v) is 8.33. The highest BCUT2D eigenvalue weighted by molar-refractivity contribution is 5.79. The summed E-state index contributed by atoms with van der Waals surface area (Å²) >= 11 is 0. The lowest BCUT2D eigenvalue weighted by molar-refractivity contribution is -0.121. The molecule has 3 N–H and O–H groups in total. The van der Waals surface area contributed by atoms with Gasteiger partial charge in [0.1, 0.15) is 5.82 Å². The molecule has 1 saturated carbocycles. The van der Waals surface area contributed by atoms with Gasteiger partial charge in [0.2, 0.25) is 5.91 Å². The number of aromatic amines is 2. The van der Waals surface area contributed by atoms with E-state index in [4.69, 9.17) is 0 Å². The van der Waals surface area contributed by atoms with Crippen molar-refractivity contribution in [2.45, 2.75) is 45.1 Å². The number of rotatable bonds is 5. The molecule has 0 saturated heterocycles. The van der Waals surface area contributed by atoms with Gasteiger partial charge in [-0.15, -0.1) is 0 Å². The Morgan fingerprint density at radius 1 is 1.25 bits per heavy atom. The lowest BCUT2D eigenvalue weighted by Gasteiger charge is -2.21. The number of benzene rings is 1. The van der Waals surface area contributed by atoms with Gasteiger partial charge in [-0.1, -0.05) is 18.6 Å². The molecule has 1 aromatic carbocycles. The summed E-state index contributed by atoms with van der Waals surface area (Å²) in [5, 5.41) is 8.30. The molecule has 1 fully saturated rings. The quantitative estimate of drug-likeness (QED) is 0.785. The van der Waals surface area contributed by atoms with Crippen molar-refractivity contribution < 1.29 is 9.18 Å². The molecule has 5 nitrogen and oxygen atoms in total. The Kier molecular flexibility index (Phi) is 4.83. The second kappa shape index (κ2) is 7.03. The maximum absolute atomic E-state index is 13.0. The van der Waals surface area contributed by atoms with Crippen LogP contribution < -0.4 is 10.9 Å². The van der Waals surface area contributed by atoms with Crippen LogP contribution in [0.4, 0.5) is 4.39 Å². The first kappa shape index (κ1) is 16.5. The fraction of sp³-hybridized carbons (Fsp3) is 0.444. The normalized spacial score (nSPS) is 20.2. The van der Waals surface area contributed by atoms with Crippen LogP contribution in [-0.4, -0.2) is 22.1 Å². The Labute approximate surface area is 139 Å². The smallest absolute Gasteiger partial charge is 0.267 e. The van der Waals surface area contributed by atoms with E-state index >= 15 is 0 Å². The molecule has 1 aromatic heterocycles. The van der Waals surface area contributed by atoms with Gasteiger partial charge in [-0.05, 0) is 49.8 Å². The summed E-state index contributed by atoms with van der Waals surface area (Å²) in [5.41, 5.74) is 2.03. The van der Waals surface area contributed by atoms with Gasteiger partial charge >= 0.3 is 0 Å². The summed E-state index contributed by atoms with van der Waals surface area (Å²) in [7, 11) is 0. The Balaban J connectivity index is 1.60. The fourth-order valence-corrected chi connectivity index (χ4v) is 3.50. The van der Waals surface area contributed by atoms with Crippen molar-refractivity contribution in [1.29, 1.82) is 0 Å². The molecular formula is C18H22FN3O2. The predicted molar refractivity (Wildman–Crippen MR) is 89.2 cm³/mol. The van der Waals surface area contributed by atoms with Crippen molar-refractivity contribution >= 4 is 5.91 Å². The van der Waals surface area contributed by atoms with Crippen LogP contribution in [0.2, 0.25) is 0 Å². The number of halogens is 1. The van der Waals surface area contributed by atoms with Gasteiger partial charge in [0.25, 0.3) is 5.56 Å². The third kappa shape index (κ3) is 3.75. The zero-order chi connectivity index (χ0) is 17.1. The van der Waals surface area contributed by atoms with Crippen LogP contribution in [0.25, 0.3) is 0 Å². The van der Waals surface area contributed by atoms with E-state index < -0.39 is 0 Å². The van der Waals surface area contributed by atoms with E-state index in [1.165, 1.54) is 12.1 Å². The molecule has 128 valence electrons. The maximum Gasteiger partial charge on any atom is 0.267 e. The second-order valence-corrected chi connectivity index (χ2v) is 6.56. The van der Waals surface area contributed by atoms with E-state index in [2.05, 4.69) is 15.5 Å². The topological polar surface area (TPSA) is 77.8 Å². The van der Waals surface area contributed by atoms with Crippen molar-refractivity contribution in [2.24, 2.45) is 5.92 Å². The molecule has 0 radical (unpaired) electrons. The van der Waals surface area contributed by atoms with Gasteiger partial charge in [0.05, 0.1) is 6.42 Å². The minimum Gasteiger partial charge on any atom is -0.353 e. The molecule has 1 amide bonds. The highest BCUT2D eigenvalue weighted by Gasteiger charge is 2.29. The van der Waals surface area contributed by atoms with Gasteiger partial charge in [-0.3, -0.25) is 14.7 Å². The van der Waals surface area contributed by atoms with Crippen molar-refractivity contribution in [3.8, 4) is 0 Å². The molecule has 1 heterocycles. The summed E-state index contributed by atoms with van der Waals surface area (Å²) in [4.78, 5) is 23.9. The van der Waals surface area contributed by atoms with Gasteiger partial charge in [0.15, 0.2) is 0 Å². The number of aromatic nitrogens is 2.